The molecule has 1 atom stereocenters. The summed E-state index contributed by atoms with van der Waals surface area (Å²) in [6.45, 7) is 1.35. The Hall–Kier alpha value is -1.42. The van der Waals surface area contributed by atoms with Crippen LogP contribution >= 0.6 is 0 Å². The lowest BCUT2D eigenvalue weighted by Gasteiger charge is -2.28. The van der Waals surface area contributed by atoms with Crippen LogP contribution in [0.3, 0.4) is 0 Å². The lowest BCUT2D eigenvalue weighted by molar-refractivity contribution is -0.143. The SMILES string of the molecule is O=C(O)C(F)CN1CCc2ccccc2C1. The average molecular weight is 223 g/mol. The zero-order valence-corrected chi connectivity index (χ0v) is 8.90. The van der Waals surface area contributed by atoms with Crippen LogP contribution < -0.4 is 0 Å². The Morgan fingerprint density at radius 2 is 2.12 bits per heavy atom. The molecule has 0 fully saturated rings. The molecule has 0 saturated heterocycles. The second-order valence-corrected chi connectivity index (χ2v) is 4.06. The molecule has 0 aromatic heterocycles. The van der Waals surface area contributed by atoms with Gasteiger partial charge in [-0.2, -0.15) is 0 Å². The van der Waals surface area contributed by atoms with Gasteiger partial charge in [-0.3, -0.25) is 4.90 Å². The molecular formula is C12H14FNO2. The van der Waals surface area contributed by atoms with Gasteiger partial charge >= 0.3 is 5.97 Å². The van der Waals surface area contributed by atoms with Gasteiger partial charge in [0.2, 0.25) is 6.17 Å². The first-order chi connectivity index (χ1) is 7.66. The molecule has 2 rings (SSSR count). The van der Waals surface area contributed by atoms with Crippen LogP contribution in [-0.4, -0.2) is 35.2 Å². The normalized spacial score (nSPS) is 17.8. The summed E-state index contributed by atoms with van der Waals surface area (Å²) in [5.74, 6) is -1.38. The number of carboxylic acid groups (broad SMARTS) is 1. The summed E-state index contributed by atoms with van der Waals surface area (Å²) < 4.78 is 13.0. The van der Waals surface area contributed by atoms with Crippen LogP contribution in [0.4, 0.5) is 4.39 Å². The van der Waals surface area contributed by atoms with E-state index in [1.165, 1.54) is 11.1 Å². The van der Waals surface area contributed by atoms with Crippen LogP contribution in [0.2, 0.25) is 0 Å². The summed E-state index contributed by atoms with van der Waals surface area (Å²) in [5.41, 5.74) is 2.45. The van der Waals surface area contributed by atoms with Crippen molar-refractivity contribution in [3.8, 4) is 0 Å². The van der Waals surface area contributed by atoms with Crippen molar-refractivity contribution in [1.82, 2.24) is 4.90 Å². The molecule has 1 aromatic carbocycles. The topological polar surface area (TPSA) is 40.5 Å². The van der Waals surface area contributed by atoms with Crippen LogP contribution in [0.1, 0.15) is 11.1 Å². The molecule has 1 aliphatic rings. The first-order valence-corrected chi connectivity index (χ1v) is 5.33. The smallest absolute Gasteiger partial charge is 0.339 e. The number of halogens is 1. The molecule has 1 N–H and O–H groups in total. The maximum atomic E-state index is 13.0. The number of carboxylic acids is 1. The minimum absolute atomic E-state index is 0.0241. The van der Waals surface area contributed by atoms with Gasteiger partial charge in [0.05, 0.1) is 0 Å². The molecule has 1 heterocycles. The largest absolute Gasteiger partial charge is 0.479 e. The number of aliphatic carboxylic acids is 1. The Morgan fingerprint density at radius 1 is 1.44 bits per heavy atom. The predicted octanol–water partition coefficient (Wildman–Crippen LogP) is 1.47. The molecule has 0 spiro atoms. The number of hydrogen-bond acceptors (Lipinski definition) is 2. The first kappa shape index (κ1) is 11.1. The van der Waals surface area contributed by atoms with Gasteiger partial charge in [0.15, 0.2) is 0 Å². The van der Waals surface area contributed by atoms with Crippen LogP contribution in [-0.2, 0) is 17.8 Å². The lowest BCUT2D eigenvalue weighted by atomic mass is 10.00. The zero-order valence-electron chi connectivity index (χ0n) is 8.90. The monoisotopic (exact) mass is 223 g/mol. The highest BCUT2D eigenvalue weighted by Crippen LogP contribution is 2.18. The number of carbonyl (C=O) groups is 1. The third-order valence-corrected chi connectivity index (χ3v) is 2.90. The van der Waals surface area contributed by atoms with Crippen molar-refractivity contribution >= 4 is 5.97 Å². The van der Waals surface area contributed by atoms with Crippen molar-refractivity contribution < 1.29 is 14.3 Å². The number of benzene rings is 1. The van der Waals surface area contributed by atoms with Gasteiger partial charge in [-0.05, 0) is 17.5 Å². The summed E-state index contributed by atoms with van der Waals surface area (Å²) in [6, 6.07) is 8.02. The van der Waals surface area contributed by atoms with Gasteiger partial charge in [-0.25, -0.2) is 9.18 Å². The summed E-state index contributed by atoms with van der Waals surface area (Å²) in [5, 5.41) is 8.51. The van der Waals surface area contributed by atoms with E-state index in [1.54, 1.807) is 0 Å². The molecule has 16 heavy (non-hydrogen) atoms. The summed E-state index contributed by atoms with van der Waals surface area (Å²) in [4.78, 5) is 12.3. The number of alkyl halides is 1. The molecule has 0 radical (unpaired) electrons. The van der Waals surface area contributed by atoms with Gasteiger partial charge in [-0.1, -0.05) is 24.3 Å². The Morgan fingerprint density at radius 3 is 2.81 bits per heavy atom. The van der Waals surface area contributed by atoms with E-state index in [2.05, 4.69) is 6.07 Å². The number of nitrogens with zero attached hydrogens (tertiary/aromatic N) is 1. The van der Waals surface area contributed by atoms with Gasteiger partial charge < -0.3 is 5.11 Å². The van der Waals surface area contributed by atoms with E-state index in [4.69, 9.17) is 5.11 Å². The fourth-order valence-corrected chi connectivity index (χ4v) is 2.01. The van der Waals surface area contributed by atoms with E-state index in [-0.39, 0.29) is 6.54 Å². The summed E-state index contributed by atoms with van der Waals surface area (Å²) in [6.07, 6.45) is -0.923. The van der Waals surface area contributed by atoms with E-state index in [9.17, 15) is 9.18 Å². The fourth-order valence-electron chi connectivity index (χ4n) is 2.01. The van der Waals surface area contributed by atoms with E-state index >= 15 is 0 Å². The van der Waals surface area contributed by atoms with E-state index in [0.29, 0.717) is 6.54 Å². The maximum Gasteiger partial charge on any atom is 0.339 e. The average Bonchev–Trinajstić information content (AvgIpc) is 2.28. The van der Waals surface area contributed by atoms with Gasteiger partial charge in [0, 0.05) is 19.6 Å². The quantitative estimate of drug-likeness (QED) is 0.843. The standard InChI is InChI=1S/C12H14FNO2/c13-11(12(15)16)8-14-6-5-9-3-1-2-4-10(9)7-14/h1-4,11H,5-8H2,(H,15,16). The summed E-state index contributed by atoms with van der Waals surface area (Å²) in [7, 11) is 0. The molecule has 0 aliphatic carbocycles. The second-order valence-electron chi connectivity index (χ2n) is 4.06. The van der Waals surface area contributed by atoms with E-state index in [0.717, 1.165) is 13.0 Å². The zero-order chi connectivity index (χ0) is 11.5. The Kier molecular flexibility index (Phi) is 3.19. The molecule has 1 aromatic rings. The van der Waals surface area contributed by atoms with Crippen molar-refractivity contribution in [2.24, 2.45) is 0 Å². The van der Waals surface area contributed by atoms with Crippen LogP contribution in [0, 0.1) is 0 Å². The minimum atomic E-state index is -1.79. The van der Waals surface area contributed by atoms with E-state index in [1.807, 2.05) is 23.1 Å². The molecule has 0 saturated carbocycles. The first-order valence-electron chi connectivity index (χ1n) is 5.33. The Labute approximate surface area is 93.5 Å². The molecule has 1 aliphatic heterocycles. The lowest BCUT2D eigenvalue weighted by Crippen LogP contribution is -2.37. The van der Waals surface area contributed by atoms with Crippen LogP contribution in [0.15, 0.2) is 24.3 Å². The second kappa shape index (κ2) is 4.61. The minimum Gasteiger partial charge on any atom is -0.479 e. The van der Waals surface area contributed by atoms with Crippen molar-refractivity contribution in [3.05, 3.63) is 35.4 Å². The maximum absolute atomic E-state index is 13.0. The molecule has 86 valence electrons. The molecule has 1 unspecified atom stereocenters. The van der Waals surface area contributed by atoms with Crippen LogP contribution in [0.25, 0.3) is 0 Å². The highest BCUT2D eigenvalue weighted by molar-refractivity contribution is 5.72. The highest BCUT2D eigenvalue weighted by atomic mass is 19.1. The third kappa shape index (κ3) is 2.39. The Bertz CT molecular complexity index is 394. The molecule has 0 amide bonds. The van der Waals surface area contributed by atoms with Gasteiger partial charge in [-0.15, -0.1) is 0 Å². The van der Waals surface area contributed by atoms with Crippen molar-refractivity contribution in [2.45, 2.75) is 19.1 Å². The van der Waals surface area contributed by atoms with Gasteiger partial charge in [0.1, 0.15) is 0 Å². The van der Waals surface area contributed by atoms with E-state index < -0.39 is 12.1 Å². The Balaban J connectivity index is 2.00. The molecule has 4 heteroatoms. The fraction of sp³-hybridized carbons (Fsp3) is 0.417. The summed E-state index contributed by atoms with van der Waals surface area (Å²) >= 11 is 0. The molecule has 3 nitrogen and oxygen atoms in total. The van der Waals surface area contributed by atoms with Gasteiger partial charge in [0.25, 0.3) is 0 Å². The van der Waals surface area contributed by atoms with Crippen LogP contribution in [0.5, 0.6) is 0 Å². The highest BCUT2D eigenvalue weighted by Gasteiger charge is 2.22. The molecule has 0 bridgehead atoms. The number of rotatable bonds is 3. The van der Waals surface area contributed by atoms with Crippen molar-refractivity contribution in [3.63, 3.8) is 0 Å². The number of fused-ring (bicyclic) bond motifs is 1. The van der Waals surface area contributed by atoms with Crippen molar-refractivity contribution in [2.75, 3.05) is 13.1 Å². The predicted molar refractivity (Wildman–Crippen MR) is 58.0 cm³/mol. The third-order valence-electron chi connectivity index (χ3n) is 2.90. The number of hydrogen-bond donors (Lipinski definition) is 1. The van der Waals surface area contributed by atoms with Crippen molar-refractivity contribution in [1.29, 1.82) is 0 Å². The molecular weight excluding hydrogens is 209 g/mol.